The highest BCUT2D eigenvalue weighted by molar-refractivity contribution is 5.84. The fourth-order valence-electron chi connectivity index (χ4n) is 4.35. The number of hydrogen-bond acceptors (Lipinski definition) is 3. The van der Waals surface area contributed by atoms with E-state index in [4.69, 9.17) is 0 Å². The van der Waals surface area contributed by atoms with Crippen molar-refractivity contribution < 1.29 is 27.9 Å². The molecule has 1 N–H and O–H groups in total. The normalized spacial score (nSPS) is 36.1. The average molecular weight is 320 g/mol. The summed E-state index contributed by atoms with van der Waals surface area (Å²) in [5, 5.41) is 9.53. The molecule has 0 spiro atoms. The van der Waals surface area contributed by atoms with Crippen LogP contribution in [-0.4, -0.2) is 65.2 Å². The van der Waals surface area contributed by atoms with Crippen molar-refractivity contribution in [3.63, 3.8) is 0 Å². The number of likely N-dealkylation sites (tertiary alicyclic amines) is 2. The van der Waals surface area contributed by atoms with Gasteiger partial charge in [0.15, 0.2) is 0 Å². The van der Waals surface area contributed by atoms with Gasteiger partial charge in [-0.15, -0.1) is 0 Å². The average Bonchev–Trinajstić information content (AvgIpc) is 3.01. The predicted molar refractivity (Wildman–Crippen MR) is 70.0 cm³/mol. The number of fused-ring (bicyclic) bond motifs is 1. The minimum Gasteiger partial charge on any atom is -0.481 e. The fourth-order valence-corrected chi connectivity index (χ4v) is 4.35. The second kappa shape index (κ2) is 5.11. The van der Waals surface area contributed by atoms with Gasteiger partial charge in [-0.3, -0.25) is 14.5 Å². The minimum absolute atomic E-state index is 0.00876. The molecule has 5 nitrogen and oxygen atoms in total. The molecule has 1 aliphatic carbocycles. The van der Waals surface area contributed by atoms with Crippen molar-refractivity contribution in [2.24, 2.45) is 11.3 Å². The molecule has 0 aromatic rings. The highest BCUT2D eigenvalue weighted by Gasteiger charge is 2.57. The summed E-state index contributed by atoms with van der Waals surface area (Å²) in [4.78, 5) is 26.5. The van der Waals surface area contributed by atoms with E-state index in [-0.39, 0.29) is 19.0 Å². The number of carbonyl (C=O) groups excluding carboxylic acids is 1. The molecule has 3 fully saturated rings. The molecular formula is C14H19F3N2O3. The topological polar surface area (TPSA) is 60.9 Å². The lowest BCUT2D eigenvalue weighted by atomic mass is 9.81. The molecule has 1 unspecified atom stereocenters. The van der Waals surface area contributed by atoms with Crippen LogP contribution in [0.4, 0.5) is 13.2 Å². The largest absolute Gasteiger partial charge is 0.481 e. The Hall–Kier alpha value is -1.31. The van der Waals surface area contributed by atoms with E-state index in [1.54, 1.807) is 4.90 Å². The molecule has 3 atom stereocenters. The number of carbonyl (C=O) groups is 2. The zero-order chi connectivity index (χ0) is 16.1. The first-order valence-corrected chi connectivity index (χ1v) is 7.56. The minimum atomic E-state index is -4.39. The second-order valence-electron chi connectivity index (χ2n) is 6.66. The van der Waals surface area contributed by atoms with Crippen LogP contribution in [0.1, 0.15) is 25.7 Å². The number of amides is 1. The van der Waals surface area contributed by atoms with Crippen LogP contribution in [0.2, 0.25) is 0 Å². The Morgan fingerprint density at radius 3 is 2.68 bits per heavy atom. The maximum atomic E-state index is 12.5. The van der Waals surface area contributed by atoms with Gasteiger partial charge >= 0.3 is 12.1 Å². The van der Waals surface area contributed by atoms with Gasteiger partial charge in [0.05, 0.1) is 11.5 Å². The third-order valence-electron chi connectivity index (χ3n) is 5.40. The molecule has 3 rings (SSSR count). The molecule has 22 heavy (non-hydrogen) atoms. The molecule has 3 aliphatic rings. The van der Waals surface area contributed by atoms with E-state index in [1.165, 1.54) is 0 Å². The molecule has 2 aliphatic heterocycles. The Morgan fingerprint density at radius 1 is 1.36 bits per heavy atom. The first-order chi connectivity index (χ1) is 10.2. The van der Waals surface area contributed by atoms with Crippen LogP contribution in [0.25, 0.3) is 0 Å². The van der Waals surface area contributed by atoms with Crippen molar-refractivity contribution >= 4 is 11.9 Å². The van der Waals surface area contributed by atoms with E-state index >= 15 is 0 Å². The molecule has 0 radical (unpaired) electrons. The van der Waals surface area contributed by atoms with E-state index in [0.717, 1.165) is 17.7 Å². The Bertz CT molecular complexity index is 496. The summed E-state index contributed by atoms with van der Waals surface area (Å²) in [5.74, 6) is -1.35. The van der Waals surface area contributed by atoms with Gasteiger partial charge in [-0.25, -0.2) is 0 Å². The summed E-state index contributed by atoms with van der Waals surface area (Å²) in [5.41, 5.74) is -0.808. The number of rotatable bonds is 3. The van der Waals surface area contributed by atoms with Crippen molar-refractivity contribution in [1.82, 2.24) is 9.80 Å². The standard InChI is InChI=1S/C14H19F3N2O3/c15-14(16,17)8-18-5-3-10(11(18)20)19-6-9-2-1-4-13(9,7-19)12(21)22/h9-10H,1-8H2,(H,21,22)/t9-,10?,13+/m0/s1. The van der Waals surface area contributed by atoms with Gasteiger partial charge in [0.2, 0.25) is 5.91 Å². The fraction of sp³-hybridized carbons (Fsp3) is 0.857. The number of aliphatic carboxylic acids is 1. The second-order valence-corrected chi connectivity index (χ2v) is 6.66. The molecule has 2 saturated heterocycles. The molecular weight excluding hydrogens is 301 g/mol. The number of carboxylic acid groups (broad SMARTS) is 1. The third-order valence-corrected chi connectivity index (χ3v) is 5.40. The van der Waals surface area contributed by atoms with Crippen LogP contribution >= 0.6 is 0 Å². The Morgan fingerprint density at radius 2 is 2.09 bits per heavy atom. The van der Waals surface area contributed by atoms with Crippen molar-refractivity contribution in [2.75, 3.05) is 26.2 Å². The van der Waals surface area contributed by atoms with Gasteiger partial charge < -0.3 is 10.0 Å². The number of halogens is 3. The first kappa shape index (κ1) is 15.6. The summed E-state index contributed by atoms with van der Waals surface area (Å²) in [6.45, 7) is -0.347. The van der Waals surface area contributed by atoms with Crippen molar-refractivity contribution in [3.8, 4) is 0 Å². The van der Waals surface area contributed by atoms with Gasteiger partial charge in [-0.05, 0) is 25.2 Å². The van der Waals surface area contributed by atoms with Gasteiger partial charge in [0, 0.05) is 19.6 Å². The number of hydrogen-bond donors (Lipinski definition) is 1. The van der Waals surface area contributed by atoms with Gasteiger partial charge in [-0.2, -0.15) is 13.2 Å². The lowest BCUT2D eigenvalue weighted by Crippen LogP contribution is -2.44. The molecule has 0 aromatic carbocycles. The van der Waals surface area contributed by atoms with Crippen molar-refractivity contribution in [1.29, 1.82) is 0 Å². The maximum Gasteiger partial charge on any atom is 0.406 e. The van der Waals surface area contributed by atoms with E-state index < -0.39 is 36.1 Å². The van der Waals surface area contributed by atoms with Gasteiger partial charge in [0.25, 0.3) is 0 Å². The molecule has 124 valence electrons. The molecule has 2 heterocycles. The molecule has 1 amide bonds. The zero-order valence-corrected chi connectivity index (χ0v) is 12.1. The monoisotopic (exact) mass is 320 g/mol. The highest BCUT2D eigenvalue weighted by Crippen LogP contribution is 2.49. The van der Waals surface area contributed by atoms with Crippen LogP contribution < -0.4 is 0 Å². The Balaban J connectivity index is 1.69. The molecule has 0 aromatic heterocycles. The van der Waals surface area contributed by atoms with E-state index in [9.17, 15) is 27.9 Å². The maximum absolute atomic E-state index is 12.5. The van der Waals surface area contributed by atoms with Crippen LogP contribution in [0, 0.1) is 11.3 Å². The molecule has 1 saturated carbocycles. The van der Waals surface area contributed by atoms with Crippen LogP contribution in [-0.2, 0) is 9.59 Å². The Kier molecular flexibility index (Phi) is 3.62. The van der Waals surface area contributed by atoms with Gasteiger partial charge in [0.1, 0.15) is 6.54 Å². The summed E-state index contributed by atoms with van der Waals surface area (Å²) in [7, 11) is 0. The first-order valence-electron chi connectivity index (χ1n) is 7.56. The highest BCUT2D eigenvalue weighted by atomic mass is 19.4. The smallest absolute Gasteiger partial charge is 0.406 e. The summed E-state index contributed by atoms with van der Waals surface area (Å²) < 4.78 is 37.4. The van der Waals surface area contributed by atoms with Crippen LogP contribution in [0.5, 0.6) is 0 Å². The SMILES string of the molecule is O=C1C(N2C[C@@H]3CCC[C@@]3(C(=O)O)C2)CCN1CC(F)(F)F. The quantitative estimate of drug-likeness (QED) is 0.852. The summed E-state index contributed by atoms with van der Waals surface area (Å²) >= 11 is 0. The number of carboxylic acids is 1. The van der Waals surface area contributed by atoms with Crippen LogP contribution in [0.3, 0.4) is 0 Å². The summed E-state index contributed by atoms with van der Waals surface area (Å²) in [6, 6.07) is -0.593. The predicted octanol–water partition coefficient (Wildman–Crippen LogP) is 1.34. The van der Waals surface area contributed by atoms with Gasteiger partial charge in [-0.1, -0.05) is 6.42 Å². The summed E-state index contributed by atoms with van der Waals surface area (Å²) in [6.07, 6.45) is -1.78. The third kappa shape index (κ3) is 2.47. The van der Waals surface area contributed by atoms with Crippen molar-refractivity contribution in [2.45, 2.75) is 37.9 Å². The number of nitrogens with zero attached hydrogens (tertiary/aromatic N) is 2. The van der Waals surface area contributed by atoms with E-state index in [0.29, 0.717) is 19.4 Å². The molecule has 8 heteroatoms. The zero-order valence-electron chi connectivity index (χ0n) is 12.1. The van der Waals surface area contributed by atoms with Crippen LogP contribution in [0.15, 0.2) is 0 Å². The van der Waals surface area contributed by atoms with E-state index in [1.807, 2.05) is 0 Å². The lowest BCUT2D eigenvalue weighted by molar-refractivity contribution is -0.159. The van der Waals surface area contributed by atoms with Crippen molar-refractivity contribution in [3.05, 3.63) is 0 Å². The lowest BCUT2D eigenvalue weighted by Gasteiger charge is -2.26. The molecule has 0 bridgehead atoms. The number of alkyl halides is 3. The Labute approximate surface area is 126 Å². The van der Waals surface area contributed by atoms with E-state index in [2.05, 4.69) is 0 Å².